The number of hydrogen-bond donors (Lipinski definition) is 3. The first-order valence-corrected chi connectivity index (χ1v) is 8.25. The van der Waals surface area contributed by atoms with Crippen molar-refractivity contribution in [2.75, 3.05) is 5.32 Å². The number of anilines is 1. The molecule has 2 atom stereocenters. The molecule has 1 saturated carbocycles. The summed E-state index contributed by atoms with van der Waals surface area (Å²) in [6.45, 7) is 3.72. The minimum atomic E-state index is -0.986. The number of carbonyl (C=O) groups is 3. The predicted octanol–water partition coefficient (Wildman–Crippen LogP) is 2.50. The molecule has 0 spiro atoms. The molecular weight excluding hydrogens is 336 g/mol. The topological polar surface area (TPSA) is 109 Å². The highest BCUT2D eigenvalue weighted by atomic mass is 16.4. The highest BCUT2D eigenvalue weighted by molar-refractivity contribution is 6.06. The quantitative estimate of drug-likeness (QED) is 0.737. The molecule has 1 fully saturated rings. The third-order valence-electron chi connectivity index (χ3n) is 4.81. The second kappa shape index (κ2) is 6.67. The molecule has 2 amide bonds. The van der Waals surface area contributed by atoms with Crippen molar-refractivity contribution in [3.63, 3.8) is 0 Å². The lowest BCUT2D eigenvalue weighted by Gasteiger charge is -2.11. The van der Waals surface area contributed by atoms with Gasteiger partial charge in [0.05, 0.1) is 35.9 Å². The van der Waals surface area contributed by atoms with Crippen LogP contribution in [0.15, 0.2) is 47.1 Å². The van der Waals surface area contributed by atoms with E-state index >= 15 is 0 Å². The maximum absolute atomic E-state index is 12.5. The number of benzene rings is 1. The lowest BCUT2D eigenvalue weighted by molar-refractivity contribution is -0.140. The Hall–Kier alpha value is -3.09. The summed E-state index contributed by atoms with van der Waals surface area (Å²) in [7, 11) is 0. The molecule has 0 aliphatic heterocycles. The van der Waals surface area contributed by atoms with Crippen molar-refractivity contribution in [2.24, 2.45) is 17.3 Å². The molecule has 3 N–H and O–H groups in total. The molecular formula is C19H20N2O5. The molecule has 7 nitrogen and oxygen atoms in total. The smallest absolute Gasteiger partial charge is 0.307 e. The number of carboxylic acid groups (broad SMARTS) is 1. The van der Waals surface area contributed by atoms with Gasteiger partial charge in [-0.1, -0.05) is 26.0 Å². The second-order valence-corrected chi connectivity index (χ2v) is 6.91. The number of carboxylic acids is 1. The van der Waals surface area contributed by atoms with Crippen LogP contribution >= 0.6 is 0 Å². The summed E-state index contributed by atoms with van der Waals surface area (Å²) >= 11 is 0. The first-order chi connectivity index (χ1) is 12.3. The van der Waals surface area contributed by atoms with Gasteiger partial charge in [0.15, 0.2) is 0 Å². The Morgan fingerprint density at radius 3 is 2.46 bits per heavy atom. The molecule has 0 saturated heterocycles. The fourth-order valence-corrected chi connectivity index (χ4v) is 3.26. The van der Waals surface area contributed by atoms with Crippen molar-refractivity contribution < 1.29 is 23.9 Å². The van der Waals surface area contributed by atoms with E-state index in [-0.39, 0.29) is 12.5 Å². The van der Waals surface area contributed by atoms with E-state index in [4.69, 9.17) is 4.42 Å². The number of amides is 2. The second-order valence-electron chi connectivity index (χ2n) is 6.91. The monoisotopic (exact) mass is 356 g/mol. The van der Waals surface area contributed by atoms with Gasteiger partial charge < -0.3 is 20.2 Å². The van der Waals surface area contributed by atoms with E-state index in [1.54, 1.807) is 50.2 Å². The van der Waals surface area contributed by atoms with Crippen LogP contribution in [0.3, 0.4) is 0 Å². The Labute approximate surface area is 150 Å². The Kier molecular flexibility index (Phi) is 4.54. The Morgan fingerprint density at radius 1 is 1.12 bits per heavy atom. The van der Waals surface area contributed by atoms with Gasteiger partial charge in [0.1, 0.15) is 5.76 Å². The first-order valence-electron chi connectivity index (χ1n) is 8.25. The van der Waals surface area contributed by atoms with E-state index < -0.39 is 29.1 Å². The summed E-state index contributed by atoms with van der Waals surface area (Å²) in [6.07, 6.45) is 1.52. The predicted molar refractivity (Wildman–Crippen MR) is 93.3 cm³/mol. The molecule has 26 heavy (non-hydrogen) atoms. The van der Waals surface area contributed by atoms with E-state index in [0.29, 0.717) is 17.0 Å². The Morgan fingerprint density at radius 2 is 1.85 bits per heavy atom. The number of nitrogens with one attached hydrogen (secondary N) is 2. The summed E-state index contributed by atoms with van der Waals surface area (Å²) < 4.78 is 5.17. The fraction of sp³-hybridized carbons (Fsp3) is 0.316. The molecule has 1 heterocycles. The number of para-hydroxylation sites is 1. The van der Waals surface area contributed by atoms with Crippen LogP contribution in [-0.4, -0.2) is 22.9 Å². The summed E-state index contributed by atoms with van der Waals surface area (Å²) in [4.78, 5) is 36.2. The molecule has 1 aliphatic carbocycles. The van der Waals surface area contributed by atoms with Crippen LogP contribution in [0.2, 0.25) is 0 Å². The van der Waals surface area contributed by atoms with E-state index in [1.807, 2.05) is 0 Å². The van der Waals surface area contributed by atoms with Crippen molar-refractivity contribution in [3.05, 3.63) is 54.0 Å². The van der Waals surface area contributed by atoms with Gasteiger partial charge in [0, 0.05) is 0 Å². The first kappa shape index (κ1) is 17.7. The third kappa shape index (κ3) is 3.33. The van der Waals surface area contributed by atoms with Gasteiger partial charge in [0.25, 0.3) is 5.91 Å². The van der Waals surface area contributed by atoms with Crippen molar-refractivity contribution >= 4 is 23.5 Å². The van der Waals surface area contributed by atoms with E-state index in [1.165, 1.54) is 6.26 Å². The van der Waals surface area contributed by atoms with Gasteiger partial charge in [-0.05, 0) is 29.7 Å². The zero-order valence-electron chi connectivity index (χ0n) is 14.5. The van der Waals surface area contributed by atoms with Crippen LogP contribution in [0.4, 0.5) is 5.69 Å². The van der Waals surface area contributed by atoms with Gasteiger partial charge in [-0.25, -0.2) is 0 Å². The van der Waals surface area contributed by atoms with Crippen LogP contribution in [0.1, 0.15) is 30.0 Å². The van der Waals surface area contributed by atoms with Gasteiger partial charge >= 0.3 is 5.97 Å². The standard InChI is InChI=1S/C19H20N2O5/c1-19(2)14(15(19)18(24)25)17(23)21-13-8-4-3-7-12(13)16(22)20-10-11-6-5-9-26-11/h3-9,14-15H,10H2,1-2H3,(H,20,22)(H,21,23)(H,24,25)/t14-,15+/m1/s1. The normalized spacial score (nSPS) is 20.2. The Balaban J connectivity index is 1.70. The van der Waals surface area contributed by atoms with E-state index in [0.717, 1.165) is 0 Å². The zero-order valence-corrected chi connectivity index (χ0v) is 14.5. The number of carbonyl (C=O) groups excluding carboxylic acids is 2. The molecule has 1 aliphatic rings. The van der Waals surface area contributed by atoms with E-state index in [9.17, 15) is 19.5 Å². The highest BCUT2D eigenvalue weighted by Gasteiger charge is 2.65. The molecule has 1 aromatic heterocycles. The van der Waals surface area contributed by atoms with Crippen LogP contribution in [-0.2, 0) is 16.1 Å². The lowest BCUT2D eigenvalue weighted by atomic mass is 10.1. The molecule has 2 aromatic rings. The fourth-order valence-electron chi connectivity index (χ4n) is 3.26. The van der Waals surface area contributed by atoms with Crippen molar-refractivity contribution in [3.8, 4) is 0 Å². The number of hydrogen-bond acceptors (Lipinski definition) is 4. The summed E-state index contributed by atoms with van der Waals surface area (Å²) in [5.74, 6) is -2.47. The molecule has 7 heteroatoms. The Bertz CT molecular complexity index is 841. The highest BCUT2D eigenvalue weighted by Crippen LogP contribution is 2.58. The van der Waals surface area contributed by atoms with Crippen molar-refractivity contribution in [1.29, 1.82) is 0 Å². The molecule has 0 unspecified atom stereocenters. The number of rotatable bonds is 6. The van der Waals surface area contributed by atoms with Crippen LogP contribution in [0, 0.1) is 17.3 Å². The lowest BCUT2D eigenvalue weighted by Crippen LogP contribution is -2.25. The van der Waals surface area contributed by atoms with E-state index in [2.05, 4.69) is 10.6 Å². The maximum atomic E-state index is 12.5. The average molecular weight is 356 g/mol. The van der Waals surface area contributed by atoms with Gasteiger partial charge in [0.2, 0.25) is 5.91 Å². The van der Waals surface area contributed by atoms with Crippen LogP contribution in [0.5, 0.6) is 0 Å². The molecule has 1 aromatic carbocycles. The molecule has 3 rings (SSSR count). The van der Waals surface area contributed by atoms with Crippen LogP contribution in [0.25, 0.3) is 0 Å². The minimum absolute atomic E-state index is 0.227. The summed E-state index contributed by atoms with van der Waals surface area (Å²) in [6, 6.07) is 10.1. The summed E-state index contributed by atoms with van der Waals surface area (Å²) in [5.41, 5.74) is 0.0471. The van der Waals surface area contributed by atoms with Gasteiger partial charge in [-0.15, -0.1) is 0 Å². The average Bonchev–Trinajstić information content (AvgIpc) is 2.94. The molecule has 0 bridgehead atoms. The third-order valence-corrected chi connectivity index (χ3v) is 4.81. The molecule has 0 radical (unpaired) electrons. The van der Waals surface area contributed by atoms with Crippen molar-refractivity contribution in [1.82, 2.24) is 5.32 Å². The number of aliphatic carboxylic acids is 1. The SMILES string of the molecule is CC1(C)[C@H](C(=O)O)[C@@H]1C(=O)Nc1ccccc1C(=O)NCc1ccco1. The number of furan rings is 1. The maximum Gasteiger partial charge on any atom is 0.307 e. The summed E-state index contributed by atoms with van der Waals surface area (Å²) in [5, 5.41) is 14.7. The van der Waals surface area contributed by atoms with Crippen LogP contribution < -0.4 is 10.6 Å². The van der Waals surface area contributed by atoms with Gasteiger partial charge in [-0.2, -0.15) is 0 Å². The zero-order chi connectivity index (χ0) is 18.9. The minimum Gasteiger partial charge on any atom is -0.481 e. The largest absolute Gasteiger partial charge is 0.481 e. The molecule has 136 valence electrons. The van der Waals surface area contributed by atoms with Gasteiger partial charge in [-0.3, -0.25) is 14.4 Å². The van der Waals surface area contributed by atoms with Crippen molar-refractivity contribution in [2.45, 2.75) is 20.4 Å².